The van der Waals surface area contributed by atoms with Crippen molar-refractivity contribution in [2.24, 2.45) is 0 Å². The molecule has 0 unspecified atom stereocenters. The van der Waals surface area contributed by atoms with Crippen LogP contribution in [0.4, 0.5) is 0 Å². The molecule has 0 saturated heterocycles. The lowest BCUT2D eigenvalue weighted by Gasteiger charge is -2.29. The monoisotopic (exact) mass is 598 g/mol. The second-order valence-corrected chi connectivity index (χ2v) is 11.2. The fourth-order valence-electron chi connectivity index (χ4n) is 5.78. The van der Waals surface area contributed by atoms with Crippen molar-refractivity contribution in [1.29, 1.82) is 0 Å². The summed E-state index contributed by atoms with van der Waals surface area (Å²) in [6, 6.07) is 15.9. The van der Waals surface area contributed by atoms with E-state index in [0.29, 0.717) is 30.2 Å². The number of aliphatic hydroxyl groups is 1. The first-order valence-electron chi connectivity index (χ1n) is 14.8. The van der Waals surface area contributed by atoms with E-state index in [2.05, 4.69) is 12.2 Å². The number of ether oxygens (including phenoxy) is 2. The highest BCUT2D eigenvalue weighted by Gasteiger charge is 2.41. The number of rotatable bonds is 11. The number of aryl methyl sites for hydroxylation is 1. The summed E-state index contributed by atoms with van der Waals surface area (Å²) in [4.78, 5) is 47.6. The lowest BCUT2D eigenvalue weighted by atomic mass is 9.86. The van der Waals surface area contributed by atoms with E-state index in [9.17, 15) is 19.5 Å². The molecule has 2 N–H and O–H groups in total. The third-order valence-electron chi connectivity index (χ3n) is 8.27. The average molecular weight is 599 g/mol. The van der Waals surface area contributed by atoms with Crippen molar-refractivity contribution in [1.82, 2.24) is 19.8 Å². The number of hydrogen-bond acceptors (Lipinski definition) is 8. The Balaban J connectivity index is 1.62. The van der Waals surface area contributed by atoms with Crippen LogP contribution in [-0.4, -0.2) is 65.7 Å². The summed E-state index contributed by atoms with van der Waals surface area (Å²) in [7, 11) is 5.29. The number of nitrogens with zero attached hydrogens (tertiary/aromatic N) is 3. The van der Waals surface area contributed by atoms with Crippen molar-refractivity contribution in [3.8, 4) is 17.1 Å². The van der Waals surface area contributed by atoms with Gasteiger partial charge in [0.25, 0.3) is 11.5 Å². The maximum absolute atomic E-state index is 14.2. The van der Waals surface area contributed by atoms with E-state index in [1.165, 1.54) is 7.11 Å². The third-order valence-corrected chi connectivity index (χ3v) is 8.27. The number of nitrogens with one attached hydrogen (secondary N) is 1. The number of methoxy groups -OCH3 is 1. The molecule has 2 aromatic heterocycles. The molecule has 10 heteroatoms. The van der Waals surface area contributed by atoms with E-state index in [4.69, 9.17) is 14.5 Å². The average Bonchev–Trinajstić information content (AvgIpc) is 3.40. The number of pyridine rings is 2. The molecule has 1 aliphatic rings. The van der Waals surface area contributed by atoms with Gasteiger partial charge in [0.15, 0.2) is 5.60 Å². The minimum Gasteiger partial charge on any atom is -0.497 e. The quantitative estimate of drug-likeness (QED) is 0.221. The van der Waals surface area contributed by atoms with E-state index in [1.807, 2.05) is 43.3 Å². The molecule has 0 fully saturated rings. The first-order valence-corrected chi connectivity index (χ1v) is 14.8. The highest BCUT2D eigenvalue weighted by molar-refractivity contribution is 5.91. The first kappa shape index (κ1) is 30.9. The van der Waals surface area contributed by atoms with Crippen LogP contribution in [0.2, 0.25) is 0 Å². The van der Waals surface area contributed by atoms with Gasteiger partial charge in [-0.1, -0.05) is 32.0 Å². The van der Waals surface area contributed by atoms with Crippen LogP contribution in [0.5, 0.6) is 5.75 Å². The van der Waals surface area contributed by atoms with E-state index in [1.54, 1.807) is 41.8 Å². The van der Waals surface area contributed by atoms with Gasteiger partial charge in [-0.25, -0.2) is 9.78 Å². The van der Waals surface area contributed by atoms with Crippen molar-refractivity contribution in [3.63, 3.8) is 0 Å². The van der Waals surface area contributed by atoms with Gasteiger partial charge in [0.1, 0.15) is 12.4 Å². The van der Waals surface area contributed by atoms with Crippen LogP contribution in [0.15, 0.2) is 59.4 Å². The number of aromatic nitrogens is 2. The van der Waals surface area contributed by atoms with Crippen molar-refractivity contribution >= 4 is 22.8 Å². The van der Waals surface area contributed by atoms with Gasteiger partial charge in [-0.15, -0.1) is 0 Å². The summed E-state index contributed by atoms with van der Waals surface area (Å²) in [6.07, 6.45) is 0.724. The Hall–Kier alpha value is -4.54. The molecule has 1 amide bonds. The van der Waals surface area contributed by atoms with Crippen LogP contribution in [0.1, 0.15) is 52.9 Å². The molecule has 0 radical (unpaired) electrons. The largest absolute Gasteiger partial charge is 0.497 e. The van der Waals surface area contributed by atoms with Crippen LogP contribution in [0, 0.1) is 0 Å². The maximum atomic E-state index is 14.2. The molecule has 1 aliphatic heterocycles. The SMILES string of the molecule is CCc1c2c(nc3ccccc13)-c1cc([C@@](O)(CC)C(=O)NCCN(C)C)c(COC(=O)c3ccc(OC)cc3)c(=O)n1C2. The number of fused-ring (bicyclic) bond motifs is 4. The number of esters is 1. The van der Waals surface area contributed by atoms with Gasteiger partial charge in [-0.2, -0.15) is 0 Å². The second-order valence-electron chi connectivity index (χ2n) is 11.2. The molecule has 0 spiro atoms. The Labute approximate surface area is 256 Å². The minimum atomic E-state index is -2.06. The lowest BCUT2D eigenvalue weighted by Crippen LogP contribution is -2.47. The van der Waals surface area contributed by atoms with Gasteiger partial charge in [0.2, 0.25) is 0 Å². The van der Waals surface area contributed by atoms with E-state index < -0.39 is 29.6 Å². The number of likely N-dealkylation sites (N-methyl/N-ethyl adjacent to an activating group) is 1. The van der Waals surface area contributed by atoms with Gasteiger partial charge in [0, 0.05) is 29.6 Å². The summed E-state index contributed by atoms with van der Waals surface area (Å²) < 4.78 is 12.4. The Morgan fingerprint density at radius 1 is 1.09 bits per heavy atom. The van der Waals surface area contributed by atoms with Crippen molar-refractivity contribution in [2.75, 3.05) is 34.3 Å². The maximum Gasteiger partial charge on any atom is 0.338 e. The number of benzene rings is 2. The first-order chi connectivity index (χ1) is 21.1. The molecular weight excluding hydrogens is 560 g/mol. The summed E-state index contributed by atoms with van der Waals surface area (Å²) in [5, 5.41) is 15.8. The molecule has 230 valence electrons. The fraction of sp³-hybridized carbons (Fsp3) is 0.353. The standard InChI is InChI=1S/C34H38N4O6/c1-6-23-24-10-8-9-11-28(24)36-30-25(23)19-38-29(30)18-27(34(42,7-2)33(41)35-16-17-37(3)4)26(31(38)39)20-44-32(40)21-12-14-22(43-5)15-13-21/h8-15,18,42H,6-7,16-17,19-20H2,1-5H3,(H,35,41)/t34-/m0/s1. The molecule has 0 bridgehead atoms. The molecule has 4 aromatic rings. The summed E-state index contributed by atoms with van der Waals surface area (Å²) in [5.41, 5.74) is 1.89. The molecular formula is C34H38N4O6. The number of para-hydroxylation sites is 1. The second kappa shape index (κ2) is 12.6. The highest BCUT2D eigenvalue weighted by Crippen LogP contribution is 2.38. The van der Waals surface area contributed by atoms with Gasteiger partial charge < -0.3 is 29.4 Å². The van der Waals surface area contributed by atoms with Gasteiger partial charge in [-0.3, -0.25) is 9.59 Å². The zero-order chi connectivity index (χ0) is 31.6. The zero-order valence-corrected chi connectivity index (χ0v) is 25.8. The van der Waals surface area contributed by atoms with Crippen molar-refractivity contribution in [3.05, 3.63) is 92.8 Å². The number of amides is 1. The zero-order valence-electron chi connectivity index (χ0n) is 25.8. The number of carbonyl (C=O) groups is 2. The third kappa shape index (κ3) is 5.58. The Morgan fingerprint density at radius 2 is 1.82 bits per heavy atom. The topological polar surface area (TPSA) is 123 Å². The van der Waals surface area contributed by atoms with Crippen LogP contribution >= 0.6 is 0 Å². The molecule has 2 aromatic carbocycles. The molecule has 0 aliphatic carbocycles. The van der Waals surface area contributed by atoms with Gasteiger partial charge in [-0.05, 0) is 68.9 Å². The molecule has 44 heavy (non-hydrogen) atoms. The Kier molecular flexibility index (Phi) is 8.85. The van der Waals surface area contributed by atoms with E-state index >= 15 is 0 Å². The normalized spacial score (nSPS) is 13.3. The summed E-state index contributed by atoms with van der Waals surface area (Å²) in [6.45, 7) is 4.46. The van der Waals surface area contributed by atoms with Crippen LogP contribution in [-0.2, 0) is 34.7 Å². The molecule has 10 nitrogen and oxygen atoms in total. The summed E-state index contributed by atoms with van der Waals surface area (Å²) in [5.74, 6) is -0.697. The molecule has 5 rings (SSSR count). The molecule has 1 atom stereocenters. The highest BCUT2D eigenvalue weighted by atomic mass is 16.5. The number of hydrogen-bond donors (Lipinski definition) is 2. The van der Waals surface area contributed by atoms with E-state index in [-0.39, 0.29) is 29.7 Å². The summed E-state index contributed by atoms with van der Waals surface area (Å²) >= 11 is 0. The lowest BCUT2D eigenvalue weighted by molar-refractivity contribution is -0.141. The van der Waals surface area contributed by atoms with Crippen LogP contribution < -0.4 is 15.6 Å². The predicted octanol–water partition coefficient (Wildman–Crippen LogP) is 3.63. The Bertz CT molecular complexity index is 1780. The van der Waals surface area contributed by atoms with Crippen molar-refractivity contribution in [2.45, 2.75) is 45.4 Å². The molecule has 0 saturated carbocycles. The van der Waals surface area contributed by atoms with Gasteiger partial charge in [0.05, 0.1) is 41.7 Å². The fourth-order valence-corrected chi connectivity index (χ4v) is 5.78. The van der Waals surface area contributed by atoms with Gasteiger partial charge >= 0.3 is 5.97 Å². The smallest absolute Gasteiger partial charge is 0.338 e. The number of carbonyl (C=O) groups excluding carboxylic acids is 2. The Morgan fingerprint density at radius 3 is 2.48 bits per heavy atom. The van der Waals surface area contributed by atoms with E-state index in [0.717, 1.165) is 28.5 Å². The van der Waals surface area contributed by atoms with Crippen LogP contribution in [0.3, 0.4) is 0 Å². The minimum absolute atomic E-state index is 0.0126. The van der Waals surface area contributed by atoms with Crippen LogP contribution in [0.25, 0.3) is 22.3 Å². The van der Waals surface area contributed by atoms with Crippen molar-refractivity contribution < 1.29 is 24.2 Å². The predicted molar refractivity (Wildman–Crippen MR) is 168 cm³/mol. The molecule has 3 heterocycles.